The topological polar surface area (TPSA) is 108 Å². The van der Waals surface area contributed by atoms with Crippen molar-refractivity contribution >= 4 is 35.2 Å². The molecule has 0 aromatic carbocycles. The molecule has 10 heteroatoms. The van der Waals surface area contributed by atoms with E-state index in [-0.39, 0.29) is 18.4 Å². The van der Waals surface area contributed by atoms with Crippen LogP contribution < -0.4 is 5.32 Å². The van der Waals surface area contributed by atoms with Gasteiger partial charge in [-0.2, -0.15) is 0 Å². The van der Waals surface area contributed by atoms with Crippen LogP contribution in [-0.2, 0) is 19.1 Å². The maximum absolute atomic E-state index is 13.3. The van der Waals surface area contributed by atoms with E-state index in [0.29, 0.717) is 5.92 Å². The van der Waals surface area contributed by atoms with Crippen LogP contribution in [0.5, 0.6) is 0 Å². The molecule has 0 spiro atoms. The van der Waals surface area contributed by atoms with Crippen molar-refractivity contribution < 1.29 is 29.3 Å². The number of hydrogen-bond acceptors (Lipinski definition) is 8. The van der Waals surface area contributed by atoms with E-state index in [1.165, 1.54) is 76.0 Å². The number of halogens is 1. The molecule has 8 nitrogen and oxygen atoms in total. The lowest BCUT2D eigenvalue weighted by atomic mass is 9.92. The van der Waals surface area contributed by atoms with Gasteiger partial charge in [-0.05, 0) is 45.4 Å². The molecule has 0 bridgehead atoms. The third kappa shape index (κ3) is 13.3. The lowest BCUT2D eigenvalue weighted by Gasteiger charge is -2.45. The predicted octanol–water partition coefficient (Wildman–Crippen LogP) is 6.42. The van der Waals surface area contributed by atoms with Crippen molar-refractivity contribution in [2.45, 2.75) is 177 Å². The predicted molar refractivity (Wildman–Crippen MR) is 181 cm³/mol. The molecule has 44 heavy (non-hydrogen) atoms. The Morgan fingerprint density at radius 3 is 2.05 bits per heavy atom. The molecule has 0 aliphatic carbocycles. The zero-order valence-corrected chi connectivity index (χ0v) is 29.8. The summed E-state index contributed by atoms with van der Waals surface area (Å²) in [7, 11) is 1.95. The fourth-order valence-corrected chi connectivity index (χ4v) is 7.65. The summed E-state index contributed by atoms with van der Waals surface area (Å²) < 4.78 is 11.9. The van der Waals surface area contributed by atoms with Crippen LogP contribution in [0.4, 0.5) is 0 Å². The summed E-state index contributed by atoms with van der Waals surface area (Å²) in [6, 6.07) is -1.00. The number of alkyl halides is 1. The van der Waals surface area contributed by atoms with Gasteiger partial charge in [-0.3, -0.25) is 14.5 Å². The number of thioether (sulfide) groups is 1. The van der Waals surface area contributed by atoms with Gasteiger partial charge in [0.05, 0.1) is 17.5 Å². The van der Waals surface area contributed by atoms with E-state index in [4.69, 9.17) is 21.1 Å². The standard InChI is InChI=1S/C34H63ClN2O6S/c1-6-8-9-10-11-12-13-14-15-16-17-18-19-21-27(38)42-32-30(40)29(39)31(43-34(32)44-5)28(24(3)35)36-33(41)26-22-25(20-7-2)23-37(26)4/h24-26,28-32,34,39-40H,6-23H2,1-5H3,(H,36,41)/t24-,25?,26+,28+,29?,30?,31?,32?,34?/m0/s1. The van der Waals surface area contributed by atoms with Crippen molar-refractivity contribution in [3.8, 4) is 0 Å². The number of likely N-dealkylation sites (N-methyl/N-ethyl adjacent to an activating group) is 1. The molecular weight excluding hydrogens is 600 g/mol. The van der Waals surface area contributed by atoms with Gasteiger partial charge in [0, 0.05) is 13.0 Å². The molecule has 6 unspecified atom stereocenters. The molecule has 3 N–H and O–H groups in total. The zero-order valence-electron chi connectivity index (χ0n) is 28.2. The number of esters is 1. The minimum absolute atomic E-state index is 0.152. The highest BCUT2D eigenvalue weighted by atomic mass is 35.5. The Morgan fingerprint density at radius 1 is 0.955 bits per heavy atom. The Bertz CT molecular complexity index is 806. The first-order valence-electron chi connectivity index (χ1n) is 17.5. The number of ether oxygens (including phenoxy) is 2. The fraction of sp³-hybridized carbons (Fsp3) is 0.941. The van der Waals surface area contributed by atoms with Crippen LogP contribution in [0.3, 0.4) is 0 Å². The molecule has 1 amide bonds. The quantitative estimate of drug-likeness (QED) is 0.0693. The smallest absolute Gasteiger partial charge is 0.306 e. The average molecular weight is 663 g/mol. The third-order valence-corrected chi connectivity index (χ3v) is 10.5. The number of rotatable bonds is 22. The lowest BCUT2D eigenvalue weighted by molar-refractivity contribution is -0.218. The maximum atomic E-state index is 13.3. The number of aliphatic hydroxyl groups is 2. The van der Waals surface area contributed by atoms with Crippen molar-refractivity contribution in [2.75, 3.05) is 19.8 Å². The van der Waals surface area contributed by atoms with Crippen molar-refractivity contribution in [3.05, 3.63) is 0 Å². The van der Waals surface area contributed by atoms with Gasteiger partial charge in [-0.15, -0.1) is 23.4 Å². The van der Waals surface area contributed by atoms with Crippen molar-refractivity contribution in [1.29, 1.82) is 0 Å². The van der Waals surface area contributed by atoms with E-state index >= 15 is 0 Å². The molecule has 9 atom stereocenters. The summed E-state index contributed by atoms with van der Waals surface area (Å²) in [6.45, 7) is 7.01. The first-order valence-corrected chi connectivity index (χ1v) is 19.2. The van der Waals surface area contributed by atoms with Gasteiger partial charge in [-0.1, -0.05) is 97.3 Å². The van der Waals surface area contributed by atoms with Crippen LogP contribution in [0.1, 0.15) is 130 Å². The molecule has 2 rings (SSSR count). The summed E-state index contributed by atoms with van der Waals surface area (Å²) in [5, 5.41) is 24.6. The van der Waals surface area contributed by atoms with Gasteiger partial charge in [0.15, 0.2) is 6.10 Å². The van der Waals surface area contributed by atoms with Gasteiger partial charge in [0.2, 0.25) is 5.91 Å². The second-order valence-electron chi connectivity index (χ2n) is 13.2. The number of unbranched alkanes of at least 4 members (excludes halogenated alkanes) is 12. The number of carbonyl (C=O) groups excluding carboxylic acids is 2. The number of nitrogens with one attached hydrogen (secondary N) is 1. The normalized spacial score (nSPS) is 29.0. The number of aliphatic hydroxyl groups excluding tert-OH is 2. The van der Waals surface area contributed by atoms with Crippen molar-refractivity contribution in [3.63, 3.8) is 0 Å². The Kier molecular flexibility index (Phi) is 19.9. The van der Waals surface area contributed by atoms with Gasteiger partial charge in [-0.25, -0.2) is 0 Å². The minimum atomic E-state index is -1.38. The lowest BCUT2D eigenvalue weighted by Crippen LogP contribution is -2.65. The molecule has 258 valence electrons. The summed E-state index contributed by atoms with van der Waals surface area (Å²) in [6.07, 6.45) is 16.3. The number of nitrogens with zero attached hydrogens (tertiary/aromatic N) is 1. The fourth-order valence-electron chi connectivity index (χ4n) is 6.72. The van der Waals surface area contributed by atoms with Crippen LogP contribution >= 0.6 is 23.4 Å². The van der Waals surface area contributed by atoms with Gasteiger partial charge >= 0.3 is 5.97 Å². The highest BCUT2D eigenvalue weighted by molar-refractivity contribution is 7.99. The number of hydrogen-bond donors (Lipinski definition) is 3. The van der Waals surface area contributed by atoms with Crippen molar-refractivity contribution in [2.24, 2.45) is 5.92 Å². The third-order valence-electron chi connectivity index (χ3n) is 9.36. The molecule has 2 heterocycles. The number of likely N-dealkylation sites (tertiary alicyclic amines) is 1. The first-order chi connectivity index (χ1) is 21.1. The van der Waals surface area contributed by atoms with Crippen molar-refractivity contribution in [1.82, 2.24) is 10.2 Å². The Morgan fingerprint density at radius 2 is 1.52 bits per heavy atom. The number of amides is 1. The van der Waals surface area contributed by atoms with Crippen LogP contribution in [0.2, 0.25) is 0 Å². The number of carbonyl (C=O) groups is 2. The maximum Gasteiger partial charge on any atom is 0.306 e. The van der Waals surface area contributed by atoms with E-state index in [0.717, 1.165) is 45.1 Å². The highest BCUT2D eigenvalue weighted by Gasteiger charge is 2.50. The molecule has 2 aliphatic rings. The Balaban J connectivity index is 1.76. The van der Waals surface area contributed by atoms with E-state index in [1.807, 2.05) is 7.05 Å². The Hall–Kier alpha value is -0.580. The molecule has 0 radical (unpaired) electrons. The van der Waals surface area contributed by atoms with Crippen LogP contribution in [0.25, 0.3) is 0 Å². The van der Waals surface area contributed by atoms with Gasteiger partial charge < -0.3 is 25.0 Å². The largest absolute Gasteiger partial charge is 0.456 e. The molecular formula is C34H63ClN2O6S. The molecule has 2 aliphatic heterocycles. The van der Waals surface area contributed by atoms with E-state index in [1.54, 1.807) is 13.2 Å². The average Bonchev–Trinajstić information content (AvgIpc) is 3.36. The molecule has 2 saturated heterocycles. The van der Waals surface area contributed by atoms with E-state index in [9.17, 15) is 19.8 Å². The zero-order chi connectivity index (χ0) is 32.5. The second kappa shape index (κ2) is 22.1. The van der Waals surface area contributed by atoms with Gasteiger partial charge in [0.25, 0.3) is 0 Å². The first kappa shape index (κ1) is 39.6. The van der Waals surface area contributed by atoms with Crippen LogP contribution in [-0.4, -0.2) is 94.2 Å². The van der Waals surface area contributed by atoms with Crippen LogP contribution in [0, 0.1) is 5.92 Å². The van der Waals surface area contributed by atoms with E-state index in [2.05, 4.69) is 24.1 Å². The second-order valence-corrected chi connectivity index (χ2v) is 14.8. The monoisotopic (exact) mass is 662 g/mol. The summed E-state index contributed by atoms with van der Waals surface area (Å²) >= 11 is 7.82. The molecule has 0 saturated carbocycles. The summed E-state index contributed by atoms with van der Waals surface area (Å²) in [5.41, 5.74) is -0.702. The highest BCUT2D eigenvalue weighted by Crippen LogP contribution is 2.33. The molecule has 0 aromatic rings. The van der Waals surface area contributed by atoms with Crippen LogP contribution in [0.15, 0.2) is 0 Å². The summed E-state index contributed by atoms with van der Waals surface area (Å²) in [4.78, 5) is 28.0. The van der Waals surface area contributed by atoms with Gasteiger partial charge in [0.1, 0.15) is 23.7 Å². The van der Waals surface area contributed by atoms with E-state index < -0.39 is 47.2 Å². The molecule has 0 aromatic heterocycles. The molecule has 2 fully saturated rings. The summed E-state index contributed by atoms with van der Waals surface area (Å²) in [5.74, 6) is -0.0742. The Labute approximate surface area is 277 Å². The SMILES string of the molecule is CCCCCCCCCCCCCCCC(=O)OC1C(SC)OC([C@H](NC(=O)[C@H]2CC(CCC)CN2C)[C@H](C)Cl)C(O)C1O. The minimum Gasteiger partial charge on any atom is -0.456 e.